The van der Waals surface area contributed by atoms with E-state index in [1.165, 1.54) is 12.1 Å². The Kier molecular flexibility index (Phi) is 4.87. The summed E-state index contributed by atoms with van der Waals surface area (Å²) in [4.78, 5) is 13.8. The van der Waals surface area contributed by atoms with Crippen LogP contribution in [0.3, 0.4) is 0 Å². The van der Waals surface area contributed by atoms with Gasteiger partial charge in [-0.1, -0.05) is 23.7 Å². The second kappa shape index (κ2) is 7.28. The molecule has 1 aliphatic heterocycles. The van der Waals surface area contributed by atoms with E-state index >= 15 is 0 Å². The molecule has 3 aromatic rings. The first kappa shape index (κ1) is 21.4. The number of nitrogens with zero attached hydrogens (tertiary/aromatic N) is 1. The molecule has 5 rings (SSSR count). The van der Waals surface area contributed by atoms with E-state index in [2.05, 4.69) is 5.32 Å². The summed E-state index contributed by atoms with van der Waals surface area (Å²) in [6.07, 6.45) is 0.933. The van der Waals surface area contributed by atoms with Gasteiger partial charge in [0, 0.05) is 28.5 Å². The number of hydrogen-bond acceptors (Lipinski definition) is 4. The number of aromatic nitrogens is 1. The number of ketones is 1. The van der Waals surface area contributed by atoms with Crippen LogP contribution in [-0.2, 0) is 10.0 Å². The summed E-state index contributed by atoms with van der Waals surface area (Å²) in [5.74, 6) is 0.600. The van der Waals surface area contributed by atoms with Gasteiger partial charge in [-0.25, -0.2) is 13.6 Å². The van der Waals surface area contributed by atoms with Gasteiger partial charge in [-0.05, 0) is 80.3 Å². The number of rotatable bonds is 5. The molecule has 8 heteroatoms. The number of Topliss-reactive ketones (excluding diaryl/α,β-unsaturated/α-hetero) is 1. The zero-order valence-electron chi connectivity index (χ0n) is 17.9. The topological polar surface area (TPSA) is 94.2 Å². The lowest BCUT2D eigenvalue weighted by Gasteiger charge is -2.14. The summed E-state index contributed by atoms with van der Waals surface area (Å²) in [5, 5.41) is 9.25. The van der Waals surface area contributed by atoms with E-state index in [0.717, 1.165) is 53.3 Å². The van der Waals surface area contributed by atoms with Crippen LogP contribution < -0.4 is 10.5 Å². The predicted molar refractivity (Wildman–Crippen MR) is 125 cm³/mol. The number of hydrogen-bond donors (Lipinski definition) is 2. The monoisotopic (exact) mass is 469 g/mol. The van der Waals surface area contributed by atoms with Gasteiger partial charge in [-0.3, -0.25) is 4.79 Å². The number of sulfonamides is 1. The van der Waals surface area contributed by atoms with Gasteiger partial charge in [0.2, 0.25) is 10.0 Å². The number of nitrogens with one attached hydrogen (secondary N) is 1. The largest absolute Gasteiger partial charge is 0.315 e. The molecule has 2 fully saturated rings. The maximum Gasteiger partial charge on any atom is 0.238 e. The van der Waals surface area contributed by atoms with E-state index < -0.39 is 10.0 Å². The minimum absolute atomic E-state index is 0.0452. The van der Waals surface area contributed by atoms with E-state index in [1.54, 1.807) is 12.1 Å². The van der Waals surface area contributed by atoms with Crippen LogP contribution in [0.5, 0.6) is 0 Å². The molecular weight excluding hydrogens is 446 g/mol. The molecule has 2 aliphatic rings. The summed E-state index contributed by atoms with van der Waals surface area (Å²) in [5.41, 5.74) is 4.79. The van der Waals surface area contributed by atoms with Crippen molar-refractivity contribution in [3.05, 3.63) is 70.4 Å². The van der Waals surface area contributed by atoms with E-state index in [0.29, 0.717) is 10.9 Å². The molecule has 2 atom stereocenters. The number of nitrogens with two attached hydrogens (primary N) is 1. The quantitative estimate of drug-likeness (QED) is 0.555. The Morgan fingerprint density at radius 1 is 1.12 bits per heavy atom. The summed E-state index contributed by atoms with van der Waals surface area (Å²) in [7, 11) is -3.79. The second-order valence-corrected chi connectivity index (χ2v) is 10.8. The predicted octanol–water partition coefficient (Wildman–Crippen LogP) is 3.85. The lowest BCUT2D eigenvalue weighted by molar-refractivity contribution is 0.0901. The smallest absolute Gasteiger partial charge is 0.238 e. The number of halogens is 1. The molecule has 1 saturated carbocycles. The van der Waals surface area contributed by atoms with Crippen LogP contribution in [0.25, 0.3) is 16.9 Å². The van der Waals surface area contributed by atoms with Crippen molar-refractivity contribution in [2.24, 2.45) is 16.5 Å². The minimum atomic E-state index is -3.79. The minimum Gasteiger partial charge on any atom is -0.315 e. The number of carbonyl (C=O) groups is 1. The van der Waals surface area contributed by atoms with Gasteiger partial charge in [0.05, 0.1) is 16.0 Å². The lowest BCUT2D eigenvalue weighted by Crippen LogP contribution is -2.25. The second-order valence-electron chi connectivity index (χ2n) is 8.83. The molecule has 0 amide bonds. The highest BCUT2D eigenvalue weighted by atomic mass is 35.5. The molecule has 2 heterocycles. The summed E-state index contributed by atoms with van der Waals surface area (Å²) in [6.45, 7) is 5.54. The third-order valence-electron chi connectivity index (χ3n) is 6.93. The molecular formula is C24H24ClN3O3S. The Labute approximate surface area is 192 Å². The Bertz CT molecular complexity index is 1340. The average Bonchev–Trinajstić information content (AvgIpc) is 3.20. The number of piperidine rings is 1. The van der Waals surface area contributed by atoms with Crippen LogP contribution in [0.15, 0.2) is 53.4 Å². The number of benzene rings is 2. The van der Waals surface area contributed by atoms with Gasteiger partial charge >= 0.3 is 0 Å². The Morgan fingerprint density at radius 3 is 2.31 bits per heavy atom. The van der Waals surface area contributed by atoms with Gasteiger partial charge in [-0.2, -0.15) is 0 Å². The van der Waals surface area contributed by atoms with Crippen molar-refractivity contribution in [1.29, 1.82) is 0 Å². The molecule has 0 bridgehead atoms. The Balaban J connectivity index is 1.71. The maximum absolute atomic E-state index is 13.7. The van der Waals surface area contributed by atoms with Crippen LogP contribution in [0.1, 0.15) is 28.0 Å². The Morgan fingerprint density at radius 2 is 1.78 bits per heavy atom. The molecule has 2 aromatic carbocycles. The summed E-state index contributed by atoms with van der Waals surface area (Å²) < 4.78 is 25.4. The molecule has 6 nitrogen and oxygen atoms in total. The van der Waals surface area contributed by atoms with Gasteiger partial charge in [0.1, 0.15) is 0 Å². The van der Waals surface area contributed by atoms with Crippen molar-refractivity contribution in [3.63, 3.8) is 0 Å². The maximum atomic E-state index is 13.7. The van der Waals surface area contributed by atoms with Gasteiger partial charge < -0.3 is 9.88 Å². The van der Waals surface area contributed by atoms with Crippen molar-refractivity contribution >= 4 is 27.4 Å². The first-order valence-electron chi connectivity index (χ1n) is 10.5. The van der Waals surface area contributed by atoms with E-state index in [9.17, 15) is 13.2 Å². The third-order valence-corrected chi connectivity index (χ3v) is 8.12. The Hall–Kier alpha value is -2.45. The zero-order chi connectivity index (χ0) is 22.8. The van der Waals surface area contributed by atoms with Crippen LogP contribution in [-0.4, -0.2) is 31.9 Å². The molecule has 0 radical (unpaired) electrons. The van der Waals surface area contributed by atoms with Crippen molar-refractivity contribution < 1.29 is 13.2 Å². The van der Waals surface area contributed by atoms with E-state index in [-0.39, 0.29) is 16.1 Å². The van der Waals surface area contributed by atoms with Crippen molar-refractivity contribution in [1.82, 2.24) is 9.88 Å². The molecule has 2 unspecified atom stereocenters. The van der Waals surface area contributed by atoms with Crippen molar-refractivity contribution in [2.45, 2.75) is 25.2 Å². The van der Waals surface area contributed by atoms with Crippen molar-refractivity contribution in [2.75, 3.05) is 13.1 Å². The van der Waals surface area contributed by atoms with Crippen LogP contribution >= 0.6 is 11.6 Å². The molecule has 0 spiro atoms. The van der Waals surface area contributed by atoms with E-state index in [1.807, 2.05) is 42.7 Å². The molecule has 1 saturated heterocycles. The van der Waals surface area contributed by atoms with Gasteiger partial charge in [-0.15, -0.1) is 0 Å². The average molecular weight is 470 g/mol. The molecule has 1 aromatic heterocycles. The fourth-order valence-corrected chi connectivity index (χ4v) is 5.82. The summed E-state index contributed by atoms with van der Waals surface area (Å²) in [6, 6.07) is 13.9. The lowest BCUT2D eigenvalue weighted by atomic mass is 9.91. The van der Waals surface area contributed by atoms with E-state index in [4.69, 9.17) is 16.7 Å². The molecule has 1 aliphatic carbocycles. The molecule has 32 heavy (non-hydrogen) atoms. The number of primary sulfonamides is 1. The first-order valence-corrected chi connectivity index (χ1v) is 12.4. The highest BCUT2D eigenvalue weighted by Crippen LogP contribution is 2.57. The number of fused-ring (bicyclic) bond motifs is 1. The standard InChI is InChI=1S/C24H24ClN3O3S/c1-14-21(23(29)24-11-17(24)12-27-13-24)15(2)28(22(14)16-3-5-18(25)6-4-16)19-7-9-20(10-8-19)32(26,30)31/h3-10,17,27H,11-13H2,1-2H3,(H2,26,30,31). The van der Waals surface area contributed by atoms with Crippen LogP contribution in [0, 0.1) is 25.2 Å². The molecule has 166 valence electrons. The molecule has 3 N–H and O–H groups in total. The zero-order valence-corrected chi connectivity index (χ0v) is 19.4. The normalized spacial score (nSPS) is 22.1. The van der Waals surface area contributed by atoms with Crippen LogP contribution in [0.4, 0.5) is 0 Å². The fraction of sp³-hybridized carbons (Fsp3) is 0.292. The van der Waals surface area contributed by atoms with Gasteiger partial charge in [0.15, 0.2) is 5.78 Å². The number of carbonyl (C=O) groups excluding carboxylic acids is 1. The van der Waals surface area contributed by atoms with Gasteiger partial charge in [0.25, 0.3) is 0 Å². The van der Waals surface area contributed by atoms with Crippen molar-refractivity contribution in [3.8, 4) is 16.9 Å². The highest BCUT2D eigenvalue weighted by molar-refractivity contribution is 7.89. The highest BCUT2D eigenvalue weighted by Gasteiger charge is 2.62. The summed E-state index contributed by atoms with van der Waals surface area (Å²) >= 11 is 6.12. The van der Waals surface area contributed by atoms with Crippen LogP contribution in [0.2, 0.25) is 5.02 Å². The third kappa shape index (κ3) is 3.23. The SMILES string of the molecule is Cc1c(C(=O)C23CNCC2C3)c(C)n(-c2ccc(S(N)(=O)=O)cc2)c1-c1ccc(Cl)cc1. The first-order chi connectivity index (χ1) is 15.1. The fourth-order valence-electron chi connectivity index (χ4n) is 5.17.